The Morgan fingerprint density at radius 3 is 2.50 bits per heavy atom. The molecule has 6 nitrogen and oxygen atoms in total. The van der Waals surface area contributed by atoms with Crippen molar-refractivity contribution >= 4 is 16.2 Å². The van der Waals surface area contributed by atoms with Crippen LogP contribution in [-0.2, 0) is 15.0 Å². The van der Waals surface area contributed by atoms with E-state index in [0.717, 1.165) is 12.8 Å². The minimum atomic E-state index is -3.32. The Bertz CT molecular complexity index is 363. The molecule has 1 atom stereocenters. The maximum atomic E-state index is 11.8. The molecule has 1 saturated heterocycles. The lowest BCUT2D eigenvalue weighted by atomic mass is 10.0. The monoisotopic (exact) mass is 278 g/mol. The first-order valence-electron chi connectivity index (χ1n) is 6.38. The number of hydrogen-bond acceptors (Lipinski definition) is 3. The van der Waals surface area contributed by atoms with Gasteiger partial charge in [-0.3, -0.25) is 4.79 Å². The van der Waals surface area contributed by atoms with Gasteiger partial charge in [0.15, 0.2) is 0 Å². The molecule has 1 aliphatic heterocycles. The Morgan fingerprint density at radius 2 is 1.94 bits per heavy atom. The molecule has 0 aliphatic carbocycles. The van der Waals surface area contributed by atoms with E-state index in [1.807, 2.05) is 6.92 Å². The molecule has 1 heterocycles. The number of aliphatic carboxylic acids is 1. The summed E-state index contributed by atoms with van der Waals surface area (Å²) >= 11 is 0. The van der Waals surface area contributed by atoms with Crippen LogP contribution in [0.3, 0.4) is 0 Å². The van der Waals surface area contributed by atoms with Crippen LogP contribution in [0.5, 0.6) is 0 Å². The van der Waals surface area contributed by atoms with Crippen LogP contribution >= 0.6 is 0 Å². The molecule has 106 valence electrons. The highest BCUT2D eigenvalue weighted by atomic mass is 32.2. The van der Waals surface area contributed by atoms with Gasteiger partial charge in [-0.2, -0.15) is 12.7 Å². The second kappa shape index (κ2) is 7.06. The van der Waals surface area contributed by atoms with Crippen LogP contribution in [0.25, 0.3) is 0 Å². The van der Waals surface area contributed by atoms with E-state index in [9.17, 15) is 13.2 Å². The Labute approximate surface area is 109 Å². The van der Waals surface area contributed by atoms with Gasteiger partial charge in [-0.25, -0.2) is 4.72 Å². The van der Waals surface area contributed by atoms with Crippen molar-refractivity contribution in [1.29, 1.82) is 0 Å². The smallest absolute Gasteiger partial charge is 0.303 e. The average Bonchev–Trinajstić information content (AvgIpc) is 2.80. The molecule has 0 amide bonds. The van der Waals surface area contributed by atoms with E-state index >= 15 is 0 Å². The largest absolute Gasteiger partial charge is 0.481 e. The normalized spacial score (nSPS) is 18.9. The molecule has 2 N–H and O–H groups in total. The second-order valence-electron chi connectivity index (χ2n) is 4.83. The molecule has 1 unspecified atom stereocenters. The van der Waals surface area contributed by atoms with Crippen molar-refractivity contribution in [3.63, 3.8) is 0 Å². The van der Waals surface area contributed by atoms with Crippen molar-refractivity contribution < 1.29 is 18.3 Å². The zero-order valence-electron chi connectivity index (χ0n) is 10.8. The third kappa shape index (κ3) is 5.32. The average molecular weight is 278 g/mol. The van der Waals surface area contributed by atoms with Gasteiger partial charge in [0.05, 0.1) is 0 Å². The number of carboxylic acids is 1. The van der Waals surface area contributed by atoms with Gasteiger partial charge in [0, 0.05) is 26.1 Å². The third-order valence-electron chi connectivity index (χ3n) is 3.18. The Hall–Kier alpha value is -0.660. The summed E-state index contributed by atoms with van der Waals surface area (Å²) in [5, 5.41) is 8.54. The number of nitrogens with zero attached hydrogens (tertiary/aromatic N) is 1. The molecule has 1 rings (SSSR count). The van der Waals surface area contributed by atoms with Crippen molar-refractivity contribution in [3.05, 3.63) is 0 Å². The third-order valence-corrected chi connectivity index (χ3v) is 4.79. The lowest BCUT2D eigenvalue weighted by molar-refractivity contribution is -0.137. The maximum Gasteiger partial charge on any atom is 0.303 e. The SMILES string of the molecule is CC(CCNS(=O)(=O)N1CCCC1)CCC(=O)O. The Kier molecular flexibility index (Phi) is 6.04. The highest BCUT2D eigenvalue weighted by Crippen LogP contribution is 2.12. The first-order chi connectivity index (χ1) is 8.42. The first kappa shape index (κ1) is 15.4. The van der Waals surface area contributed by atoms with Crippen molar-refractivity contribution in [1.82, 2.24) is 9.03 Å². The lowest BCUT2D eigenvalue weighted by Gasteiger charge is -2.17. The maximum absolute atomic E-state index is 11.8. The van der Waals surface area contributed by atoms with Crippen LogP contribution in [0.1, 0.15) is 39.0 Å². The summed E-state index contributed by atoms with van der Waals surface area (Å²) in [5.41, 5.74) is 0. The van der Waals surface area contributed by atoms with E-state index in [1.165, 1.54) is 4.31 Å². The summed E-state index contributed by atoms with van der Waals surface area (Å²) in [6, 6.07) is 0. The number of carbonyl (C=O) groups is 1. The van der Waals surface area contributed by atoms with Gasteiger partial charge in [0.2, 0.25) is 0 Å². The van der Waals surface area contributed by atoms with Gasteiger partial charge in [0.25, 0.3) is 10.2 Å². The molecule has 7 heteroatoms. The molecular formula is C11H22N2O4S. The first-order valence-corrected chi connectivity index (χ1v) is 7.82. The lowest BCUT2D eigenvalue weighted by Crippen LogP contribution is -2.39. The molecule has 0 aromatic heterocycles. The molecule has 0 radical (unpaired) electrons. The van der Waals surface area contributed by atoms with Gasteiger partial charge in [-0.05, 0) is 31.6 Å². The molecule has 0 spiro atoms. The second-order valence-corrected chi connectivity index (χ2v) is 6.59. The summed E-state index contributed by atoms with van der Waals surface area (Å²) in [7, 11) is -3.32. The van der Waals surface area contributed by atoms with Crippen LogP contribution in [0.15, 0.2) is 0 Å². The Morgan fingerprint density at radius 1 is 1.33 bits per heavy atom. The van der Waals surface area contributed by atoms with E-state index < -0.39 is 16.2 Å². The zero-order chi connectivity index (χ0) is 13.6. The molecule has 1 aliphatic rings. The van der Waals surface area contributed by atoms with Crippen molar-refractivity contribution in [2.45, 2.75) is 39.0 Å². The van der Waals surface area contributed by atoms with E-state index in [0.29, 0.717) is 32.5 Å². The van der Waals surface area contributed by atoms with E-state index in [4.69, 9.17) is 5.11 Å². The highest BCUT2D eigenvalue weighted by molar-refractivity contribution is 7.87. The van der Waals surface area contributed by atoms with Gasteiger partial charge >= 0.3 is 5.97 Å². The highest BCUT2D eigenvalue weighted by Gasteiger charge is 2.24. The minimum absolute atomic E-state index is 0.139. The van der Waals surface area contributed by atoms with Crippen molar-refractivity contribution in [2.75, 3.05) is 19.6 Å². The fourth-order valence-electron chi connectivity index (χ4n) is 1.97. The summed E-state index contributed by atoms with van der Waals surface area (Å²) in [4.78, 5) is 10.4. The molecule has 0 aromatic rings. The zero-order valence-corrected chi connectivity index (χ0v) is 11.6. The Balaban J connectivity index is 2.22. The van der Waals surface area contributed by atoms with E-state index in [-0.39, 0.29) is 12.3 Å². The molecule has 0 saturated carbocycles. The number of nitrogens with one attached hydrogen (secondary N) is 1. The summed E-state index contributed by atoms with van der Waals surface area (Å²) in [6.07, 6.45) is 3.24. The van der Waals surface area contributed by atoms with Crippen LogP contribution < -0.4 is 4.72 Å². The van der Waals surface area contributed by atoms with Gasteiger partial charge in [-0.15, -0.1) is 0 Å². The molecule has 1 fully saturated rings. The van der Waals surface area contributed by atoms with Crippen molar-refractivity contribution in [3.8, 4) is 0 Å². The summed E-state index contributed by atoms with van der Waals surface area (Å²) < 4.78 is 27.6. The molecular weight excluding hydrogens is 256 g/mol. The van der Waals surface area contributed by atoms with E-state index in [1.54, 1.807) is 0 Å². The topological polar surface area (TPSA) is 86.7 Å². The fraction of sp³-hybridized carbons (Fsp3) is 0.909. The molecule has 0 bridgehead atoms. The number of rotatable bonds is 8. The quantitative estimate of drug-likeness (QED) is 0.688. The molecule has 18 heavy (non-hydrogen) atoms. The van der Waals surface area contributed by atoms with Crippen LogP contribution in [0.2, 0.25) is 0 Å². The van der Waals surface area contributed by atoms with Gasteiger partial charge in [-0.1, -0.05) is 6.92 Å². The summed E-state index contributed by atoms with van der Waals surface area (Å²) in [5.74, 6) is -0.595. The van der Waals surface area contributed by atoms with Gasteiger partial charge in [0.1, 0.15) is 0 Å². The van der Waals surface area contributed by atoms with Crippen LogP contribution in [-0.4, -0.2) is 43.4 Å². The van der Waals surface area contributed by atoms with Crippen LogP contribution in [0, 0.1) is 5.92 Å². The number of carboxylic acid groups (broad SMARTS) is 1. The molecule has 0 aromatic carbocycles. The minimum Gasteiger partial charge on any atom is -0.481 e. The predicted molar refractivity (Wildman–Crippen MR) is 68.4 cm³/mol. The number of hydrogen-bond donors (Lipinski definition) is 2. The van der Waals surface area contributed by atoms with Crippen LogP contribution in [0.4, 0.5) is 0 Å². The predicted octanol–water partition coefficient (Wildman–Crippen LogP) is 0.808. The van der Waals surface area contributed by atoms with E-state index in [2.05, 4.69) is 4.72 Å². The standard InChI is InChI=1S/C11H22N2O4S/c1-10(4-5-11(14)15)6-7-12-18(16,17)13-8-2-3-9-13/h10,12H,2-9H2,1H3,(H,14,15). The summed E-state index contributed by atoms with van der Waals surface area (Å²) in [6.45, 7) is 3.51. The fourth-order valence-corrected chi connectivity index (χ4v) is 3.27. The van der Waals surface area contributed by atoms with Gasteiger partial charge < -0.3 is 5.11 Å². The van der Waals surface area contributed by atoms with Crippen molar-refractivity contribution in [2.24, 2.45) is 5.92 Å².